The highest BCUT2D eigenvalue weighted by Gasteiger charge is 2.33. The molecule has 1 fully saturated rings. The van der Waals surface area contributed by atoms with Gasteiger partial charge in [-0.2, -0.15) is 0 Å². The first kappa shape index (κ1) is 13.9. The maximum absolute atomic E-state index is 11.6. The van der Waals surface area contributed by atoms with Crippen molar-refractivity contribution in [1.82, 2.24) is 5.32 Å². The molecular weight excluding hydrogens is 242 g/mol. The SMILES string of the molecule is Cc1ccc(OCCC(=O)NCC2(C)COC2)cc1. The summed E-state index contributed by atoms with van der Waals surface area (Å²) < 4.78 is 10.7. The smallest absolute Gasteiger partial charge is 0.223 e. The first-order valence-corrected chi connectivity index (χ1v) is 6.61. The van der Waals surface area contributed by atoms with Crippen LogP contribution in [0.4, 0.5) is 0 Å². The van der Waals surface area contributed by atoms with E-state index in [1.807, 2.05) is 31.2 Å². The molecule has 4 nitrogen and oxygen atoms in total. The number of carbonyl (C=O) groups is 1. The van der Waals surface area contributed by atoms with Gasteiger partial charge in [0.05, 0.1) is 26.2 Å². The molecular formula is C15H21NO3. The highest BCUT2D eigenvalue weighted by molar-refractivity contribution is 5.76. The first-order valence-electron chi connectivity index (χ1n) is 6.61. The number of hydrogen-bond donors (Lipinski definition) is 1. The second kappa shape index (κ2) is 6.06. The molecule has 0 bridgehead atoms. The van der Waals surface area contributed by atoms with Crippen LogP contribution < -0.4 is 10.1 Å². The standard InChI is InChI=1S/C15H21NO3/c1-12-3-5-13(6-4-12)19-8-7-14(17)16-9-15(2)10-18-11-15/h3-6H,7-11H2,1-2H3,(H,16,17). The molecule has 4 heteroatoms. The summed E-state index contributed by atoms with van der Waals surface area (Å²) in [5.74, 6) is 0.831. The van der Waals surface area contributed by atoms with Gasteiger partial charge in [0.25, 0.3) is 0 Å². The summed E-state index contributed by atoms with van der Waals surface area (Å²) in [5, 5.41) is 2.92. The Bertz CT molecular complexity index is 424. The van der Waals surface area contributed by atoms with Gasteiger partial charge in [-0.15, -0.1) is 0 Å². The topological polar surface area (TPSA) is 47.6 Å². The Balaban J connectivity index is 1.62. The zero-order valence-electron chi connectivity index (χ0n) is 11.6. The molecule has 0 aromatic heterocycles. The lowest BCUT2D eigenvalue weighted by atomic mass is 9.89. The minimum Gasteiger partial charge on any atom is -0.493 e. The molecule has 2 rings (SSSR count). The van der Waals surface area contributed by atoms with Gasteiger partial charge in [0, 0.05) is 12.0 Å². The fourth-order valence-corrected chi connectivity index (χ4v) is 1.85. The Kier molecular flexibility index (Phi) is 4.43. The van der Waals surface area contributed by atoms with Gasteiger partial charge in [-0.25, -0.2) is 0 Å². The van der Waals surface area contributed by atoms with Crippen LogP contribution in [-0.4, -0.2) is 32.3 Å². The fraction of sp³-hybridized carbons (Fsp3) is 0.533. The van der Waals surface area contributed by atoms with Crippen molar-refractivity contribution < 1.29 is 14.3 Å². The van der Waals surface area contributed by atoms with Gasteiger partial charge in [-0.05, 0) is 19.1 Å². The van der Waals surface area contributed by atoms with Crippen molar-refractivity contribution in [1.29, 1.82) is 0 Å². The third-order valence-electron chi connectivity index (χ3n) is 3.23. The number of nitrogens with one attached hydrogen (secondary N) is 1. The predicted octanol–water partition coefficient (Wildman–Crippen LogP) is 1.92. The molecule has 1 heterocycles. The van der Waals surface area contributed by atoms with Crippen molar-refractivity contribution in [2.75, 3.05) is 26.4 Å². The Hall–Kier alpha value is -1.55. The van der Waals surface area contributed by atoms with E-state index in [2.05, 4.69) is 12.2 Å². The summed E-state index contributed by atoms with van der Waals surface area (Å²) in [6.07, 6.45) is 0.380. The quantitative estimate of drug-likeness (QED) is 0.853. The lowest BCUT2D eigenvalue weighted by molar-refractivity contribution is -0.127. The number of hydrogen-bond acceptors (Lipinski definition) is 3. The molecule has 104 valence electrons. The monoisotopic (exact) mass is 263 g/mol. The van der Waals surface area contributed by atoms with E-state index in [0.29, 0.717) is 19.6 Å². The van der Waals surface area contributed by atoms with E-state index in [0.717, 1.165) is 19.0 Å². The molecule has 0 spiro atoms. The third kappa shape index (κ3) is 4.24. The van der Waals surface area contributed by atoms with Gasteiger partial charge in [0.15, 0.2) is 0 Å². The number of ether oxygens (including phenoxy) is 2. The maximum atomic E-state index is 11.6. The van der Waals surface area contributed by atoms with Crippen molar-refractivity contribution in [2.24, 2.45) is 5.41 Å². The van der Waals surface area contributed by atoms with Gasteiger partial charge in [0.2, 0.25) is 5.91 Å². The van der Waals surface area contributed by atoms with E-state index in [1.54, 1.807) is 0 Å². The number of benzene rings is 1. The molecule has 0 aliphatic carbocycles. The average Bonchev–Trinajstić information content (AvgIpc) is 2.36. The normalized spacial score (nSPS) is 16.5. The molecule has 0 saturated carbocycles. The molecule has 1 N–H and O–H groups in total. The lowest BCUT2D eigenvalue weighted by Gasteiger charge is -2.38. The van der Waals surface area contributed by atoms with Crippen molar-refractivity contribution >= 4 is 5.91 Å². The van der Waals surface area contributed by atoms with Crippen molar-refractivity contribution in [3.8, 4) is 5.75 Å². The van der Waals surface area contributed by atoms with E-state index in [1.165, 1.54) is 5.56 Å². The van der Waals surface area contributed by atoms with Gasteiger partial charge >= 0.3 is 0 Å². The summed E-state index contributed by atoms with van der Waals surface area (Å²) in [6.45, 7) is 6.68. The number of amides is 1. The Morgan fingerprint density at radius 1 is 1.37 bits per heavy atom. The van der Waals surface area contributed by atoms with E-state index in [9.17, 15) is 4.79 Å². The van der Waals surface area contributed by atoms with Crippen LogP contribution >= 0.6 is 0 Å². The molecule has 1 aliphatic rings. The Labute approximate surface area is 114 Å². The van der Waals surface area contributed by atoms with E-state index in [-0.39, 0.29) is 11.3 Å². The van der Waals surface area contributed by atoms with E-state index >= 15 is 0 Å². The summed E-state index contributed by atoms with van der Waals surface area (Å²) in [6, 6.07) is 7.82. The van der Waals surface area contributed by atoms with Crippen molar-refractivity contribution in [2.45, 2.75) is 20.3 Å². The first-order chi connectivity index (χ1) is 9.07. The third-order valence-corrected chi connectivity index (χ3v) is 3.23. The van der Waals surface area contributed by atoms with Crippen LogP contribution in [0.1, 0.15) is 18.9 Å². The maximum Gasteiger partial charge on any atom is 0.223 e. The van der Waals surface area contributed by atoms with Crippen LogP contribution in [0.3, 0.4) is 0 Å². The molecule has 1 aliphatic heterocycles. The zero-order valence-corrected chi connectivity index (χ0v) is 11.6. The number of rotatable bonds is 6. The highest BCUT2D eigenvalue weighted by atomic mass is 16.5. The molecule has 19 heavy (non-hydrogen) atoms. The fourth-order valence-electron chi connectivity index (χ4n) is 1.85. The zero-order chi connectivity index (χ0) is 13.7. The second-order valence-corrected chi connectivity index (χ2v) is 5.49. The van der Waals surface area contributed by atoms with Crippen molar-refractivity contribution in [3.63, 3.8) is 0 Å². The molecule has 1 saturated heterocycles. The van der Waals surface area contributed by atoms with Gasteiger partial charge < -0.3 is 14.8 Å². The molecule has 0 radical (unpaired) electrons. The van der Waals surface area contributed by atoms with E-state index in [4.69, 9.17) is 9.47 Å². The minimum absolute atomic E-state index is 0.0280. The van der Waals surface area contributed by atoms with Gasteiger partial charge in [0.1, 0.15) is 5.75 Å². The van der Waals surface area contributed by atoms with Crippen LogP contribution in [0.2, 0.25) is 0 Å². The van der Waals surface area contributed by atoms with Crippen LogP contribution in [0.15, 0.2) is 24.3 Å². The van der Waals surface area contributed by atoms with E-state index < -0.39 is 0 Å². The van der Waals surface area contributed by atoms with Crippen molar-refractivity contribution in [3.05, 3.63) is 29.8 Å². The van der Waals surface area contributed by atoms with Gasteiger partial charge in [-0.3, -0.25) is 4.79 Å². The predicted molar refractivity (Wildman–Crippen MR) is 73.2 cm³/mol. The van der Waals surface area contributed by atoms with Crippen LogP contribution in [-0.2, 0) is 9.53 Å². The second-order valence-electron chi connectivity index (χ2n) is 5.49. The molecule has 1 aromatic carbocycles. The number of carbonyl (C=O) groups excluding carboxylic acids is 1. The largest absolute Gasteiger partial charge is 0.493 e. The van der Waals surface area contributed by atoms with Crippen LogP contribution in [0.5, 0.6) is 5.75 Å². The Morgan fingerprint density at radius 2 is 2.05 bits per heavy atom. The van der Waals surface area contributed by atoms with Crippen LogP contribution in [0.25, 0.3) is 0 Å². The summed E-state index contributed by atoms with van der Waals surface area (Å²) in [5.41, 5.74) is 1.31. The van der Waals surface area contributed by atoms with Crippen LogP contribution in [0, 0.1) is 12.3 Å². The Morgan fingerprint density at radius 3 is 2.63 bits per heavy atom. The average molecular weight is 263 g/mol. The van der Waals surface area contributed by atoms with Gasteiger partial charge in [-0.1, -0.05) is 24.6 Å². The summed E-state index contributed by atoms with van der Waals surface area (Å²) in [7, 11) is 0. The molecule has 0 unspecified atom stereocenters. The highest BCUT2D eigenvalue weighted by Crippen LogP contribution is 2.25. The molecule has 0 atom stereocenters. The number of aryl methyl sites for hydroxylation is 1. The molecule has 1 aromatic rings. The summed E-state index contributed by atoms with van der Waals surface area (Å²) in [4.78, 5) is 11.6. The summed E-state index contributed by atoms with van der Waals surface area (Å²) >= 11 is 0. The molecule has 1 amide bonds. The lowest BCUT2D eigenvalue weighted by Crippen LogP contribution is -2.48. The minimum atomic E-state index is 0.0280.